The standard InChI is InChI=1S/C11H15BrO2/c1-8(2)9-4-10(12)6-11(5-9)14-7-13-3/h4-6,8H,7H2,1-3H3. The van der Waals surface area contributed by atoms with Gasteiger partial charge in [0.1, 0.15) is 5.75 Å². The second-order valence-electron chi connectivity index (χ2n) is 3.43. The highest BCUT2D eigenvalue weighted by Gasteiger charge is 2.03. The molecule has 1 aromatic rings. The first-order valence-electron chi connectivity index (χ1n) is 4.55. The first kappa shape index (κ1) is 11.5. The van der Waals surface area contributed by atoms with Crippen molar-refractivity contribution >= 4 is 15.9 Å². The second kappa shape index (κ2) is 5.37. The van der Waals surface area contributed by atoms with Gasteiger partial charge in [0.15, 0.2) is 6.79 Å². The van der Waals surface area contributed by atoms with E-state index < -0.39 is 0 Å². The summed E-state index contributed by atoms with van der Waals surface area (Å²) < 4.78 is 11.3. The smallest absolute Gasteiger partial charge is 0.188 e. The Labute approximate surface area is 93.4 Å². The molecule has 0 aliphatic heterocycles. The summed E-state index contributed by atoms with van der Waals surface area (Å²) in [5.74, 6) is 1.34. The molecule has 0 aliphatic carbocycles. The van der Waals surface area contributed by atoms with Crippen molar-refractivity contribution in [1.29, 1.82) is 0 Å². The maximum atomic E-state index is 5.37. The highest BCUT2D eigenvalue weighted by atomic mass is 79.9. The molecule has 0 aliphatic rings. The molecule has 0 fully saturated rings. The van der Waals surface area contributed by atoms with Gasteiger partial charge in [-0.25, -0.2) is 0 Å². The summed E-state index contributed by atoms with van der Waals surface area (Å²) >= 11 is 3.45. The molecule has 0 aromatic heterocycles. The average Bonchev–Trinajstić information content (AvgIpc) is 2.14. The molecule has 1 rings (SSSR count). The molecule has 0 saturated carbocycles. The molecule has 3 heteroatoms. The van der Waals surface area contributed by atoms with Crippen molar-refractivity contribution < 1.29 is 9.47 Å². The van der Waals surface area contributed by atoms with Crippen molar-refractivity contribution in [3.05, 3.63) is 28.2 Å². The van der Waals surface area contributed by atoms with Crippen LogP contribution in [-0.4, -0.2) is 13.9 Å². The monoisotopic (exact) mass is 258 g/mol. The highest BCUT2D eigenvalue weighted by Crippen LogP contribution is 2.26. The molecule has 0 unspecified atom stereocenters. The first-order chi connectivity index (χ1) is 6.63. The van der Waals surface area contributed by atoms with E-state index in [1.54, 1.807) is 7.11 Å². The quantitative estimate of drug-likeness (QED) is 0.770. The highest BCUT2D eigenvalue weighted by molar-refractivity contribution is 9.10. The summed E-state index contributed by atoms with van der Waals surface area (Å²) in [6.45, 7) is 4.59. The lowest BCUT2D eigenvalue weighted by molar-refractivity contribution is 0.0510. The van der Waals surface area contributed by atoms with Crippen LogP contribution < -0.4 is 4.74 Å². The first-order valence-corrected chi connectivity index (χ1v) is 5.35. The summed E-state index contributed by atoms with van der Waals surface area (Å²) in [7, 11) is 1.61. The van der Waals surface area contributed by atoms with Gasteiger partial charge in [0, 0.05) is 11.6 Å². The molecule has 0 amide bonds. The normalized spacial score (nSPS) is 10.6. The summed E-state index contributed by atoms with van der Waals surface area (Å²) in [6, 6.07) is 6.07. The topological polar surface area (TPSA) is 18.5 Å². The van der Waals surface area contributed by atoms with Gasteiger partial charge in [-0.05, 0) is 29.7 Å². The maximum Gasteiger partial charge on any atom is 0.188 e. The zero-order chi connectivity index (χ0) is 10.6. The van der Waals surface area contributed by atoms with Crippen molar-refractivity contribution in [2.75, 3.05) is 13.9 Å². The molecule has 1 aromatic carbocycles. The van der Waals surface area contributed by atoms with Crippen LogP contribution in [0.3, 0.4) is 0 Å². The fourth-order valence-corrected chi connectivity index (χ4v) is 1.62. The van der Waals surface area contributed by atoms with Gasteiger partial charge in [-0.15, -0.1) is 0 Å². The van der Waals surface area contributed by atoms with Crippen molar-refractivity contribution in [3.8, 4) is 5.75 Å². The molecule has 2 nitrogen and oxygen atoms in total. The molecule has 78 valence electrons. The van der Waals surface area contributed by atoms with Gasteiger partial charge in [0.2, 0.25) is 0 Å². The lowest BCUT2D eigenvalue weighted by Gasteiger charge is -2.10. The Morgan fingerprint density at radius 3 is 2.57 bits per heavy atom. The van der Waals surface area contributed by atoms with Crippen molar-refractivity contribution in [2.45, 2.75) is 19.8 Å². The number of benzene rings is 1. The fourth-order valence-electron chi connectivity index (χ4n) is 1.13. The summed E-state index contributed by atoms with van der Waals surface area (Å²) in [5, 5.41) is 0. The number of hydrogen-bond acceptors (Lipinski definition) is 2. The number of rotatable bonds is 4. The Morgan fingerprint density at radius 1 is 1.29 bits per heavy atom. The van der Waals surface area contributed by atoms with E-state index in [9.17, 15) is 0 Å². The van der Waals surface area contributed by atoms with Gasteiger partial charge in [0.25, 0.3) is 0 Å². The number of hydrogen-bond donors (Lipinski definition) is 0. The Kier molecular flexibility index (Phi) is 4.42. The zero-order valence-corrected chi connectivity index (χ0v) is 10.3. The van der Waals surface area contributed by atoms with E-state index in [0.717, 1.165) is 10.2 Å². The van der Waals surface area contributed by atoms with Gasteiger partial charge < -0.3 is 9.47 Å². The summed E-state index contributed by atoms with van der Waals surface area (Å²) in [5.41, 5.74) is 1.26. The van der Waals surface area contributed by atoms with E-state index in [4.69, 9.17) is 9.47 Å². The Hall–Kier alpha value is -0.540. The molecular formula is C11H15BrO2. The van der Waals surface area contributed by atoms with Gasteiger partial charge in [-0.1, -0.05) is 29.8 Å². The predicted octanol–water partition coefficient (Wildman–Crippen LogP) is 3.56. The molecule has 0 heterocycles. The maximum absolute atomic E-state index is 5.37. The van der Waals surface area contributed by atoms with E-state index in [-0.39, 0.29) is 6.79 Å². The van der Waals surface area contributed by atoms with Crippen LogP contribution in [0.4, 0.5) is 0 Å². The Balaban J connectivity index is 2.84. The minimum absolute atomic E-state index is 0.286. The predicted molar refractivity (Wildman–Crippen MR) is 60.7 cm³/mol. The zero-order valence-electron chi connectivity index (χ0n) is 8.71. The van der Waals surface area contributed by atoms with Crippen LogP contribution in [0.5, 0.6) is 5.75 Å². The molecule has 14 heavy (non-hydrogen) atoms. The number of ether oxygens (including phenoxy) is 2. The fraction of sp³-hybridized carbons (Fsp3) is 0.455. The lowest BCUT2D eigenvalue weighted by atomic mass is 10.0. The molecule has 0 atom stereocenters. The van der Waals surface area contributed by atoms with Crippen LogP contribution in [0, 0.1) is 0 Å². The SMILES string of the molecule is COCOc1cc(Br)cc(C(C)C)c1. The van der Waals surface area contributed by atoms with Crippen molar-refractivity contribution in [2.24, 2.45) is 0 Å². The van der Waals surface area contributed by atoms with Gasteiger partial charge in [-0.3, -0.25) is 0 Å². The van der Waals surface area contributed by atoms with E-state index in [0.29, 0.717) is 5.92 Å². The third-order valence-corrected chi connectivity index (χ3v) is 2.36. The minimum Gasteiger partial charge on any atom is -0.468 e. The van der Waals surface area contributed by atoms with Gasteiger partial charge in [0.05, 0.1) is 0 Å². The van der Waals surface area contributed by atoms with E-state index in [2.05, 4.69) is 35.8 Å². The van der Waals surface area contributed by atoms with E-state index >= 15 is 0 Å². The number of methoxy groups -OCH3 is 1. The Bertz CT molecular complexity index is 297. The van der Waals surface area contributed by atoms with E-state index in [1.165, 1.54) is 5.56 Å². The molecule has 0 N–H and O–H groups in total. The largest absolute Gasteiger partial charge is 0.468 e. The molecule has 0 saturated heterocycles. The second-order valence-corrected chi connectivity index (χ2v) is 4.34. The molecule has 0 bridgehead atoms. The van der Waals surface area contributed by atoms with Crippen LogP contribution in [0.1, 0.15) is 25.3 Å². The van der Waals surface area contributed by atoms with Crippen molar-refractivity contribution in [1.82, 2.24) is 0 Å². The van der Waals surface area contributed by atoms with E-state index in [1.807, 2.05) is 12.1 Å². The van der Waals surface area contributed by atoms with Crippen molar-refractivity contribution in [3.63, 3.8) is 0 Å². The van der Waals surface area contributed by atoms with Crippen LogP contribution in [0.2, 0.25) is 0 Å². The van der Waals surface area contributed by atoms with Gasteiger partial charge in [-0.2, -0.15) is 0 Å². The van der Waals surface area contributed by atoms with Gasteiger partial charge >= 0.3 is 0 Å². The lowest BCUT2D eigenvalue weighted by Crippen LogP contribution is -1.99. The summed E-state index contributed by atoms with van der Waals surface area (Å²) in [4.78, 5) is 0. The van der Waals surface area contributed by atoms with Crippen LogP contribution in [0.25, 0.3) is 0 Å². The third kappa shape index (κ3) is 3.31. The Morgan fingerprint density at radius 2 is 2.00 bits per heavy atom. The molecule has 0 radical (unpaired) electrons. The van der Waals surface area contributed by atoms with Crippen LogP contribution >= 0.6 is 15.9 Å². The number of halogens is 1. The van der Waals surface area contributed by atoms with Crippen LogP contribution in [-0.2, 0) is 4.74 Å². The molecule has 0 spiro atoms. The average molecular weight is 259 g/mol. The third-order valence-electron chi connectivity index (χ3n) is 1.90. The summed E-state index contributed by atoms with van der Waals surface area (Å²) in [6.07, 6.45) is 0. The van der Waals surface area contributed by atoms with Crippen LogP contribution in [0.15, 0.2) is 22.7 Å². The minimum atomic E-state index is 0.286. The molecular weight excluding hydrogens is 244 g/mol.